The van der Waals surface area contributed by atoms with E-state index in [9.17, 15) is 4.79 Å². The lowest BCUT2D eigenvalue weighted by atomic mass is 10.2. The minimum atomic E-state index is -0.257. The first-order valence-corrected chi connectivity index (χ1v) is 10.5. The molecule has 0 saturated heterocycles. The molecule has 0 atom stereocenters. The zero-order valence-electron chi connectivity index (χ0n) is 15.6. The fraction of sp³-hybridized carbons (Fsp3) is 0.0435. The van der Waals surface area contributed by atoms with Crippen molar-refractivity contribution in [2.45, 2.75) is 4.90 Å². The molecule has 144 valence electrons. The first-order valence-electron chi connectivity index (χ1n) is 8.91. The summed E-state index contributed by atoms with van der Waals surface area (Å²) >= 11 is 7.66. The molecule has 6 heteroatoms. The molecule has 0 fully saturated rings. The summed E-state index contributed by atoms with van der Waals surface area (Å²) in [5.41, 5.74) is 1.83. The summed E-state index contributed by atoms with van der Waals surface area (Å²) in [6, 6.07) is 24.4. The van der Waals surface area contributed by atoms with Crippen molar-refractivity contribution < 1.29 is 9.53 Å². The van der Waals surface area contributed by atoms with Crippen LogP contribution in [0.2, 0.25) is 5.02 Å². The number of nitrogens with zero attached hydrogens (tertiary/aromatic N) is 2. The summed E-state index contributed by atoms with van der Waals surface area (Å²) in [6.07, 6.45) is 3.76. The van der Waals surface area contributed by atoms with Gasteiger partial charge in [0.25, 0.3) is 5.91 Å². The minimum absolute atomic E-state index is 0.205. The first-order chi connectivity index (χ1) is 14.1. The molecule has 0 bridgehead atoms. The van der Waals surface area contributed by atoms with Crippen LogP contribution in [0.15, 0.2) is 94.4 Å². The Kier molecular flexibility index (Phi) is 5.69. The van der Waals surface area contributed by atoms with Crippen molar-refractivity contribution in [2.75, 3.05) is 11.2 Å². The number of hydrogen-bond acceptors (Lipinski definition) is 4. The molecule has 0 aliphatic carbocycles. The number of rotatable bonds is 4. The number of ether oxygens (including phenoxy) is 1. The van der Waals surface area contributed by atoms with Crippen molar-refractivity contribution in [1.82, 2.24) is 0 Å². The second-order valence-electron chi connectivity index (χ2n) is 6.23. The minimum Gasteiger partial charge on any atom is -0.425 e. The summed E-state index contributed by atoms with van der Waals surface area (Å²) in [6.45, 7) is 0. The molecule has 1 heterocycles. The van der Waals surface area contributed by atoms with Crippen molar-refractivity contribution in [3.8, 4) is 5.75 Å². The van der Waals surface area contributed by atoms with Gasteiger partial charge in [-0.1, -0.05) is 41.9 Å². The van der Waals surface area contributed by atoms with E-state index in [0.29, 0.717) is 22.2 Å². The Morgan fingerprint density at radius 1 is 0.966 bits per heavy atom. The van der Waals surface area contributed by atoms with E-state index in [2.05, 4.69) is 4.99 Å². The lowest BCUT2D eigenvalue weighted by Gasteiger charge is -2.18. The van der Waals surface area contributed by atoms with Crippen molar-refractivity contribution in [3.63, 3.8) is 0 Å². The topological polar surface area (TPSA) is 41.9 Å². The van der Waals surface area contributed by atoms with Crippen LogP contribution >= 0.6 is 23.4 Å². The van der Waals surface area contributed by atoms with E-state index in [1.54, 1.807) is 42.1 Å². The Labute approximate surface area is 178 Å². The smallest absolute Gasteiger partial charge is 0.310 e. The third kappa shape index (κ3) is 4.36. The molecule has 1 aliphatic rings. The second-order valence-corrected chi connectivity index (χ2v) is 7.55. The Balaban J connectivity index is 1.71. The zero-order valence-corrected chi connectivity index (χ0v) is 17.2. The van der Waals surface area contributed by atoms with Gasteiger partial charge in [0, 0.05) is 9.92 Å². The van der Waals surface area contributed by atoms with E-state index in [0.717, 1.165) is 10.5 Å². The molecule has 0 spiro atoms. The van der Waals surface area contributed by atoms with Gasteiger partial charge in [0.15, 0.2) is 0 Å². The summed E-state index contributed by atoms with van der Waals surface area (Å²) < 4.78 is 5.98. The maximum Gasteiger partial charge on any atom is 0.310 e. The lowest BCUT2D eigenvalue weighted by molar-refractivity contribution is -0.113. The van der Waals surface area contributed by atoms with Crippen LogP contribution in [-0.4, -0.2) is 18.2 Å². The first kappa shape index (κ1) is 19.3. The molecule has 4 rings (SSSR count). The van der Waals surface area contributed by atoms with Crippen LogP contribution in [0.1, 0.15) is 5.56 Å². The number of carbonyl (C=O) groups is 1. The summed E-state index contributed by atoms with van der Waals surface area (Å²) in [7, 11) is 0. The van der Waals surface area contributed by atoms with Gasteiger partial charge in [-0.25, -0.2) is 4.90 Å². The number of halogens is 1. The quantitative estimate of drug-likeness (QED) is 0.390. The molecule has 1 aliphatic heterocycles. The Morgan fingerprint density at radius 3 is 2.31 bits per heavy atom. The molecular weight excluding hydrogens is 404 g/mol. The predicted octanol–water partition coefficient (Wildman–Crippen LogP) is 5.88. The number of thioether (sulfide) groups is 1. The van der Waals surface area contributed by atoms with Crippen LogP contribution in [-0.2, 0) is 4.79 Å². The van der Waals surface area contributed by atoms with Crippen LogP contribution in [0.4, 0.5) is 5.69 Å². The van der Waals surface area contributed by atoms with Crippen LogP contribution in [0.25, 0.3) is 6.08 Å². The van der Waals surface area contributed by atoms with E-state index < -0.39 is 0 Å². The largest absolute Gasteiger partial charge is 0.425 e. The molecule has 0 N–H and O–H groups in total. The third-order valence-corrected chi connectivity index (χ3v) is 5.28. The van der Waals surface area contributed by atoms with Gasteiger partial charge in [-0.2, -0.15) is 4.99 Å². The average Bonchev–Trinajstić information content (AvgIpc) is 3.05. The van der Waals surface area contributed by atoms with Crippen LogP contribution < -0.4 is 9.64 Å². The predicted molar refractivity (Wildman–Crippen MR) is 120 cm³/mol. The molecule has 3 aromatic rings. The highest BCUT2D eigenvalue weighted by atomic mass is 35.5. The number of carbonyl (C=O) groups excluding carboxylic acids is 1. The number of anilines is 1. The Bertz CT molecular complexity index is 1080. The van der Waals surface area contributed by atoms with Gasteiger partial charge >= 0.3 is 6.02 Å². The van der Waals surface area contributed by atoms with E-state index in [-0.39, 0.29) is 11.9 Å². The van der Waals surface area contributed by atoms with E-state index in [1.165, 1.54) is 4.90 Å². The van der Waals surface area contributed by atoms with Crippen LogP contribution in [0, 0.1) is 0 Å². The highest BCUT2D eigenvalue weighted by Gasteiger charge is 2.33. The van der Waals surface area contributed by atoms with Crippen LogP contribution in [0.3, 0.4) is 0 Å². The van der Waals surface area contributed by atoms with Gasteiger partial charge < -0.3 is 4.74 Å². The number of amides is 1. The maximum atomic E-state index is 13.1. The normalized spacial score (nSPS) is 15.0. The van der Waals surface area contributed by atoms with Crippen molar-refractivity contribution in [1.29, 1.82) is 0 Å². The van der Waals surface area contributed by atoms with Crippen molar-refractivity contribution >= 4 is 47.1 Å². The molecule has 0 aromatic heterocycles. The number of amidine groups is 1. The van der Waals surface area contributed by atoms with Gasteiger partial charge in [-0.05, 0) is 66.4 Å². The molecule has 29 heavy (non-hydrogen) atoms. The highest BCUT2D eigenvalue weighted by Crippen LogP contribution is 2.28. The molecule has 4 nitrogen and oxygen atoms in total. The van der Waals surface area contributed by atoms with Crippen LogP contribution in [0.5, 0.6) is 5.75 Å². The summed E-state index contributed by atoms with van der Waals surface area (Å²) in [5.74, 6) is 0.348. The molecule has 0 unspecified atom stereocenters. The van der Waals surface area contributed by atoms with Gasteiger partial charge in [0.2, 0.25) is 0 Å². The molecule has 3 aromatic carbocycles. The third-order valence-electron chi connectivity index (χ3n) is 4.29. The fourth-order valence-electron chi connectivity index (χ4n) is 2.84. The number of hydrogen-bond donors (Lipinski definition) is 0. The fourth-order valence-corrected chi connectivity index (χ4v) is 3.37. The molecule has 0 radical (unpaired) electrons. The van der Waals surface area contributed by atoms with Crippen molar-refractivity contribution in [2.24, 2.45) is 4.99 Å². The van der Waals surface area contributed by atoms with Gasteiger partial charge in [0.1, 0.15) is 11.4 Å². The average molecular weight is 421 g/mol. The zero-order chi connectivity index (χ0) is 20.2. The summed E-state index contributed by atoms with van der Waals surface area (Å²) in [5, 5.41) is 0.590. The van der Waals surface area contributed by atoms with Gasteiger partial charge in [-0.15, -0.1) is 11.8 Å². The molecular formula is C23H17ClN2O2S. The van der Waals surface area contributed by atoms with Crippen molar-refractivity contribution in [3.05, 3.63) is 95.1 Å². The van der Waals surface area contributed by atoms with E-state index in [4.69, 9.17) is 16.3 Å². The number of aliphatic imine (C=N–C) groups is 1. The Morgan fingerprint density at radius 2 is 1.66 bits per heavy atom. The maximum absolute atomic E-state index is 13.1. The Hall–Kier alpha value is -3.02. The molecule has 0 saturated carbocycles. The highest BCUT2D eigenvalue weighted by molar-refractivity contribution is 7.98. The second kappa shape index (κ2) is 8.55. The summed E-state index contributed by atoms with van der Waals surface area (Å²) in [4.78, 5) is 20.2. The molecule has 1 amide bonds. The van der Waals surface area contributed by atoms with Gasteiger partial charge in [-0.3, -0.25) is 4.79 Å². The monoisotopic (exact) mass is 420 g/mol. The SMILES string of the molecule is CSc1ccc(OC2=N/C(=C/c3ccccc3)C(=O)N2c2ccc(Cl)cc2)cc1. The van der Waals surface area contributed by atoms with E-state index >= 15 is 0 Å². The number of benzene rings is 3. The standard InChI is InChI=1S/C23H17ClN2O2S/c1-29-20-13-11-19(12-14-20)28-23-25-21(15-16-5-3-2-4-6-16)22(27)26(23)18-9-7-17(24)8-10-18/h2-15H,1H3/b21-15+. The lowest BCUT2D eigenvalue weighted by Crippen LogP contribution is -2.35. The van der Waals surface area contributed by atoms with E-state index in [1.807, 2.05) is 60.9 Å². The van der Waals surface area contributed by atoms with Gasteiger partial charge in [0.05, 0.1) is 5.69 Å².